The van der Waals surface area contributed by atoms with Gasteiger partial charge in [-0.3, -0.25) is 15.0 Å². The van der Waals surface area contributed by atoms with Gasteiger partial charge in [-0.15, -0.1) is 0 Å². The molecule has 0 radical (unpaired) electrons. The van der Waals surface area contributed by atoms with Crippen LogP contribution in [-0.4, -0.2) is 64.2 Å². The first-order valence-corrected chi connectivity index (χ1v) is 9.06. The Kier molecular flexibility index (Phi) is 4.43. The van der Waals surface area contributed by atoms with Crippen molar-refractivity contribution < 1.29 is 9.18 Å². The van der Waals surface area contributed by atoms with E-state index in [4.69, 9.17) is 0 Å². The molecule has 1 fully saturated rings. The first-order chi connectivity index (χ1) is 13.0. The number of aromatic nitrogens is 2. The first-order valence-electron chi connectivity index (χ1n) is 9.06. The van der Waals surface area contributed by atoms with Crippen LogP contribution >= 0.6 is 0 Å². The van der Waals surface area contributed by atoms with E-state index >= 15 is 0 Å². The highest BCUT2D eigenvalue weighted by atomic mass is 19.1. The van der Waals surface area contributed by atoms with Gasteiger partial charge in [-0.1, -0.05) is 12.1 Å². The van der Waals surface area contributed by atoms with Crippen LogP contribution in [-0.2, 0) is 11.3 Å². The Morgan fingerprint density at radius 3 is 2.67 bits per heavy atom. The number of benzene rings is 1. The maximum absolute atomic E-state index is 13.9. The summed E-state index contributed by atoms with van der Waals surface area (Å²) in [7, 11) is 3.75. The number of amides is 1. The van der Waals surface area contributed by atoms with E-state index in [1.807, 2.05) is 25.2 Å². The summed E-state index contributed by atoms with van der Waals surface area (Å²) in [6.07, 6.45) is 5.00. The van der Waals surface area contributed by atoms with Gasteiger partial charge >= 0.3 is 0 Å². The molecule has 7 nitrogen and oxygen atoms in total. The number of halogens is 1. The summed E-state index contributed by atoms with van der Waals surface area (Å²) in [5.41, 5.74) is 0.824. The number of hydrogen-bond acceptors (Lipinski definition) is 5. The molecule has 1 N–H and O–H groups in total. The lowest BCUT2D eigenvalue weighted by Crippen LogP contribution is -2.49. The first kappa shape index (κ1) is 17.7. The van der Waals surface area contributed by atoms with Gasteiger partial charge < -0.3 is 4.90 Å². The molecule has 27 heavy (non-hydrogen) atoms. The van der Waals surface area contributed by atoms with Gasteiger partial charge in [-0.25, -0.2) is 14.1 Å². The van der Waals surface area contributed by atoms with Crippen LogP contribution in [0.5, 0.6) is 0 Å². The van der Waals surface area contributed by atoms with Gasteiger partial charge in [0.2, 0.25) is 5.96 Å². The maximum Gasteiger partial charge on any atom is 0.254 e. The van der Waals surface area contributed by atoms with Crippen molar-refractivity contribution in [1.29, 1.82) is 0 Å². The molecule has 1 spiro atoms. The van der Waals surface area contributed by atoms with E-state index in [0.29, 0.717) is 24.5 Å². The second-order valence-electron chi connectivity index (χ2n) is 7.34. The number of aliphatic imine (C=N–C) groups is 1. The number of likely N-dealkylation sites (tertiary alicyclic amines) is 1. The average Bonchev–Trinajstić information content (AvgIpc) is 3.23. The second-order valence-corrected chi connectivity index (χ2v) is 7.34. The Labute approximate surface area is 157 Å². The fourth-order valence-corrected chi connectivity index (χ4v) is 3.60. The Bertz CT molecular complexity index is 882. The van der Waals surface area contributed by atoms with E-state index < -0.39 is 5.54 Å². The van der Waals surface area contributed by atoms with Crippen LogP contribution in [0.1, 0.15) is 18.4 Å². The van der Waals surface area contributed by atoms with Crippen LogP contribution in [0.15, 0.2) is 41.7 Å². The number of nitrogens with one attached hydrogen (secondary N) is 1. The van der Waals surface area contributed by atoms with Crippen molar-refractivity contribution >= 4 is 11.9 Å². The molecule has 1 saturated heterocycles. The molecular formula is C19H23FN6O. The molecule has 1 amide bonds. The predicted octanol–water partition coefficient (Wildman–Crippen LogP) is 1.39. The largest absolute Gasteiger partial charge is 0.349 e. The van der Waals surface area contributed by atoms with Crippen molar-refractivity contribution in [3.63, 3.8) is 0 Å². The average molecular weight is 370 g/mol. The molecule has 0 atom stereocenters. The number of para-hydroxylation sites is 1. The smallest absolute Gasteiger partial charge is 0.254 e. The minimum absolute atomic E-state index is 0.00165. The molecule has 1 aromatic heterocycles. The topological polar surface area (TPSA) is 65.8 Å². The SMILES string of the molecule is CN(C)C1=NC2(CCN(Cc3cnn(-c4ccccc4F)c3)CC2)C(=O)N1. The fraction of sp³-hybridized carbons (Fsp3) is 0.421. The molecule has 3 heterocycles. The molecule has 1 aromatic carbocycles. The number of guanidine groups is 1. The third-order valence-electron chi connectivity index (χ3n) is 5.22. The van der Waals surface area contributed by atoms with E-state index in [9.17, 15) is 9.18 Å². The number of hydrogen-bond donors (Lipinski definition) is 1. The Morgan fingerprint density at radius 2 is 2.00 bits per heavy atom. The Morgan fingerprint density at radius 1 is 1.26 bits per heavy atom. The van der Waals surface area contributed by atoms with Crippen molar-refractivity contribution in [2.75, 3.05) is 27.2 Å². The third kappa shape index (κ3) is 3.32. The minimum Gasteiger partial charge on any atom is -0.349 e. The standard InChI is InChI=1S/C19H23FN6O/c1-24(2)18-22-17(27)19(23-18)7-9-25(10-8-19)12-14-11-21-26(13-14)16-6-4-3-5-15(16)20/h3-6,11,13H,7-10,12H2,1-2H3,(H,22,23,27). The summed E-state index contributed by atoms with van der Waals surface area (Å²) in [5.74, 6) is 0.340. The highest BCUT2D eigenvalue weighted by Crippen LogP contribution is 2.30. The van der Waals surface area contributed by atoms with E-state index in [-0.39, 0.29) is 11.7 Å². The summed E-state index contributed by atoms with van der Waals surface area (Å²) in [6.45, 7) is 2.28. The number of carbonyl (C=O) groups excluding carboxylic acids is 1. The number of piperidine rings is 1. The summed E-state index contributed by atoms with van der Waals surface area (Å²) in [4.78, 5) is 21.2. The van der Waals surface area contributed by atoms with Crippen LogP contribution in [0.3, 0.4) is 0 Å². The monoisotopic (exact) mass is 370 g/mol. The van der Waals surface area contributed by atoms with E-state index in [1.54, 1.807) is 29.1 Å². The Balaban J connectivity index is 1.41. The summed E-state index contributed by atoms with van der Waals surface area (Å²) >= 11 is 0. The molecule has 4 rings (SSSR count). The van der Waals surface area contributed by atoms with Gasteiger partial charge in [0.1, 0.15) is 17.0 Å². The summed E-state index contributed by atoms with van der Waals surface area (Å²) in [6, 6.07) is 6.58. The molecule has 0 saturated carbocycles. The lowest BCUT2D eigenvalue weighted by molar-refractivity contribution is -0.125. The van der Waals surface area contributed by atoms with Gasteiger partial charge in [0.25, 0.3) is 5.91 Å². The molecule has 142 valence electrons. The number of carbonyl (C=O) groups is 1. The van der Waals surface area contributed by atoms with Crippen molar-refractivity contribution in [2.45, 2.75) is 24.9 Å². The zero-order chi connectivity index (χ0) is 19.0. The van der Waals surface area contributed by atoms with Crippen molar-refractivity contribution in [3.8, 4) is 5.69 Å². The molecular weight excluding hydrogens is 347 g/mol. The predicted molar refractivity (Wildman–Crippen MR) is 100 cm³/mol. The molecule has 0 unspecified atom stereocenters. The van der Waals surface area contributed by atoms with Crippen molar-refractivity contribution in [1.82, 2.24) is 24.9 Å². The van der Waals surface area contributed by atoms with E-state index in [0.717, 1.165) is 25.2 Å². The summed E-state index contributed by atoms with van der Waals surface area (Å²) < 4.78 is 15.5. The van der Waals surface area contributed by atoms with Crippen LogP contribution in [0.4, 0.5) is 4.39 Å². The van der Waals surface area contributed by atoms with Crippen LogP contribution < -0.4 is 5.32 Å². The number of nitrogens with zero attached hydrogens (tertiary/aromatic N) is 5. The highest BCUT2D eigenvalue weighted by Gasteiger charge is 2.46. The van der Waals surface area contributed by atoms with Gasteiger partial charge in [0.15, 0.2) is 0 Å². The van der Waals surface area contributed by atoms with Crippen LogP contribution in [0.25, 0.3) is 5.69 Å². The fourth-order valence-electron chi connectivity index (χ4n) is 3.60. The lowest BCUT2D eigenvalue weighted by atomic mass is 9.88. The normalized spacial score (nSPS) is 19.2. The Hall–Kier alpha value is -2.74. The zero-order valence-corrected chi connectivity index (χ0v) is 15.5. The molecule has 0 bridgehead atoms. The van der Waals surface area contributed by atoms with Gasteiger partial charge in [0.05, 0.1) is 6.20 Å². The van der Waals surface area contributed by atoms with E-state index in [1.165, 1.54) is 6.07 Å². The minimum atomic E-state index is -0.631. The quantitative estimate of drug-likeness (QED) is 0.887. The van der Waals surface area contributed by atoms with Crippen LogP contribution in [0, 0.1) is 5.82 Å². The second kappa shape index (κ2) is 6.77. The molecule has 2 aromatic rings. The molecule has 8 heteroatoms. The van der Waals surface area contributed by atoms with Crippen molar-refractivity contribution in [3.05, 3.63) is 48.0 Å². The van der Waals surface area contributed by atoms with Crippen LogP contribution in [0.2, 0.25) is 0 Å². The molecule has 0 aliphatic carbocycles. The summed E-state index contributed by atoms with van der Waals surface area (Å²) in [5, 5.41) is 7.16. The zero-order valence-electron chi connectivity index (χ0n) is 15.5. The van der Waals surface area contributed by atoms with Gasteiger partial charge in [-0.05, 0) is 25.0 Å². The van der Waals surface area contributed by atoms with Crippen molar-refractivity contribution in [2.24, 2.45) is 4.99 Å². The van der Waals surface area contributed by atoms with Gasteiger partial charge in [-0.2, -0.15) is 5.10 Å². The molecule has 2 aliphatic heterocycles. The lowest BCUT2D eigenvalue weighted by Gasteiger charge is -2.35. The van der Waals surface area contributed by atoms with E-state index in [2.05, 4.69) is 20.3 Å². The molecule has 2 aliphatic rings. The maximum atomic E-state index is 13.9. The van der Waals surface area contributed by atoms with Gasteiger partial charge in [0, 0.05) is 45.5 Å². The number of rotatable bonds is 3. The highest BCUT2D eigenvalue weighted by molar-refractivity contribution is 6.07. The third-order valence-corrected chi connectivity index (χ3v) is 5.22.